The molecule has 0 aromatic heterocycles. The Bertz CT molecular complexity index is 868. The molecule has 2 aliphatic heterocycles. The van der Waals surface area contributed by atoms with Gasteiger partial charge in [0.2, 0.25) is 35.4 Å². The quantitative estimate of drug-likeness (QED) is 0.103. The van der Waals surface area contributed by atoms with Crippen LogP contribution in [-0.4, -0.2) is 125 Å². The van der Waals surface area contributed by atoms with Gasteiger partial charge in [0, 0.05) is 105 Å². The molecular formula is C31H52N4O10. The highest BCUT2D eigenvalue weighted by Gasteiger charge is 2.31. The van der Waals surface area contributed by atoms with Gasteiger partial charge in [-0.2, -0.15) is 0 Å². The number of hydrogen-bond donors (Lipinski definition) is 2. The van der Waals surface area contributed by atoms with Crippen molar-refractivity contribution in [2.75, 3.05) is 80.0 Å². The van der Waals surface area contributed by atoms with Gasteiger partial charge in [0.1, 0.15) is 0 Å². The molecule has 2 saturated heterocycles. The molecule has 14 nitrogen and oxygen atoms in total. The maximum absolute atomic E-state index is 12.1. The van der Waals surface area contributed by atoms with E-state index in [4.69, 9.17) is 18.9 Å². The van der Waals surface area contributed by atoms with Crippen LogP contribution >= 0.6 is 0 Å². The number of unbranched alkanes of at least 4 members (excludes halogenated alkanes) is 1. The van der Waals surface area contributed by atoms with E-state index in [1.54, 1.807) is 14.2 Å². The Morgan fingerprint density at radius 3 is 1.62 bits per heavy atom. The topological polar surface area (TPSA) is 170 Å². The summed E-state index contributed by atoms with van der Waals surface area (Å²) in [5.74, 6) is -1.28. The maximum Gasteiger partial charge on any atom is 0.229 e. The summed E-state index contributed by atoms with van der Waals surface area (Å²) in [6, 6.07) is 0. The molecule has 0 aromatic carbocycles. The number of amides is 6. The van der Waals surface area contributed by atoms with Gasteiger partial charge in [-0.25, -0.2) is 0 Å². The van der Waals surface area contributed by atoms with E-state index in [0.717, 1.165) is 48.3 Å². The largest absolute Gasteiger partial charge is 0.385 e. The van der Waals surface area contributed by atoms with Crippen LogP contribution in [0.2, 0.25) is 0 Å². The summed E-state index contributed by atoms with van der Waals surface area (Å²) in [5, 5.41) is 5.59. The van der Waals surface area contributed by atoms with Gasteiger partial charge in [0.25, 0.3) is 0 Å². The fourth-order valence-corrected chi connectivity index (χ4v) is 5.34. The number of imide groups is 2. The van der Waals surface area contributed by atoms with Crippen LogP contribution in [0.1, 0.15) is 77.0 Å². The predicted molar refractivity (Wildman–Crippen MR) is 163 cm³/mol. The van der Waals surface area contributed by atoms with E-state index in [2.05, 4.69) is 10.6 Å². The Balaban J connectivity index is 1.60. The Labute approximate surface area is 266 Å². The monoisotopic (exact) mass is 640 g/mol. The fourth-order valence-electron chi connectivity index (χ4n) is 5.34. The number of carbonyl (C=O) groups is 6. The van der Waals surface area contributed by atoms with Crippen LogP contribution < -0.4 is 10.6 Å². The van der Waals surface area contributed by atoms with E-state index in [1.165, 1.54) is 0 Å². The lowest BCUT2D eigenvalue weighted by Gasteiger charge is -2.33. The number of hydrogen-bond acceptors (Lipinski definition) is 10. The van der Waals surface area contributed by atoms with Crippen molar-refractivity contribution >= 4 is 35.4 Å². The summed E-state index contributed by atoms with van der Waals surface area (Å²) in [4.78, 5) is 73.0. The van der Waals surface area contributed by atoms with Gasteiger partial charge in [-0.15, -0.1) is 0 Å². The van der Waals surface area contributed by atoms with Crippen molar-refractivity contribution in [2.24, 2.45) is 5.41 Å². The first-order chi connectivity index (χ1) is 21.7. The van der Waals surface area contributed by atoms with Crippen molar-refractivity contribution in [1.29, 1.82) is 0 Å². The van der Waals surface area contributed by atoms with Crippen LogP contribution in [0, 0.1) is 5.41 Å². The number of ether oxygens (including phenoxy) is 4. The van der Waals surface area contributed by atoms with Gasteiger partial charge < -0.3 is 29.6 Å². The lowest BCUT2D eigenvalue weighted by molar-refractivity contribution is -0.140. The van der Waals surface area contributed by atoms with Gasteiger partial charge in [-0.05, 0) is 43.9 Å². The lowest BCUT2D eigenvalue weighted by atomic mass is 9.78. The number of carbonyl (C=O) groups excluding carboxylic acids is 6. The zero-order chi connectivity index (χ0) is 32.9. The second-order valence-electron chi connectivity index (χ2n) is 11.5. The average Bonchev–Trinajstić information content (AvgIpc) is 3.53. The minimum absolute atomic E-state index is 0.0822. The van der Waals surface area contributed by atoms with Crippen LogP contribution in [-0.2, 0) is 47.7 Å². The molecule has 0 bridgehead atoms. The van der Waals surface area contributed by atoms with Crippen molar-refractivity contribution in [1.82, 2.24) is 20.4 Å². The highest BCUT2D eigenvalue weighted by molar-refractivity contribution is 6.02. The molecular weight excluding hydrogens is 588 g/mol. The fraction of sp³-hybridized carbons (Fsp3) is 0.806. The summed E-state index contributed by atoms with van der Waals surface area (Å²) < 4.78 is 22.6. The standard InChI is InChI=1S/C31H52N4O10/c1-42-21-13-31(14-22-43-2,12-5-20-44-23-16-33-26(37)11-18-35-29(40)8-9-30(35)41)24-45-19-4-3-15-32-25(36)10-17-34-27(38)6-7-28(34)39/h3-24H2,1-2H3,(H,32,36)(H,33,37). The second kappa shape index (κ2) is 21.7. The smallest absolute Gasteiger partial charge is 0.229 e. The minimum atomic E-state index is -0.225. The molecule has 0 spiro atoms. The molecule has 0 unspecified atom stereocenters. The second-order valence-corrected chi connectivity index (χ2v) is 11.5. The molecule has 0 saturated carbocycles. The van der Waals surface area contributed by atoms with Crippen LogP contribution in [0.25, 0.3) is 0 Å². The number of rotatable bonds is 26. The molecule has 45 heavy (non-hydrogen) atoms. The highest BCUT2D eigenvalue weighted by Crippen LogP contribution is 2.33. The van der Waals surface area contributed by atoms with E-state index < -0.39 is 0 Å². The molecule has 14 heteroatoms. The molecule has 2 rings (SSSR count). The van der Waals surface area contributed by atoms with Crippen molar-refractivity contribution in [2.45, 2.75) is 77.0 Å². The summed E-state index contributed by atoms with van der Waals surface area (Å²) in [5.41, 5.74) is -0.146. The molecule has 6 amide bonds. The molecule has 2 N–H and O–H groups in total. The van der Waals surface area contributed by atoms with Crippen molar-refractivity contribution in [3.63, 3.8) is 0 Å². The number of methoxy groups -OCH3 is 2. The van der Waals surface area contributed by atoms with E-state index in [9.17, 15) is 28.8 Å². The first-order valence-corrected chi connectivity index (χ1v) is 16.0. The third kappa shape index (κ3) is 14.8. The Hall–Kier alpha value is -2.94. The maximum atomic E-state index is 12.1. The third-order valence-electron chi connectivity index (χ3n) is 8.12. The third-order valence-corrected chi connectivity index (χ3v) is 8.12. The molecule has 0 atom stereocenters. The van der Waals surface area contributed by atoms with Crippen molar-refractivity contribution in [3.05, 3.63) is 0 Å². The molecule has 0 radical (unpaired) electrons. The van der Waals surface area contributed by atoms with E-state index in [1.807, 2.05) is 0 Å². The van der Waals surface area contributed by atoms with Crippen LogP contribution in [0.5, 0.6) is 0 Å². The molecule has 0 aromatic rings. The van der Waals surface area contributed by atoms with Gasteiger partial charge in [0.15, 0.2) is 0 Å². The van der Waals surface area contributed by atoms with Gasteiger partial charge in [-0.3, -0.25) is 38.6 Å². The zero-order valence-electron chi connectivity index (χ0n) is 27.0. The summed E-state index contributed by atoms with van der Waals surface area (Å²) in [6.45, 7) is 4.25. The lowest BCUT2D eigenvalue weighted by Crippen LogP contribution is -2.35. The Kier molecular flexibility index (Phi) is 18.5. The zero-order valence-corrected chi connectivity index (χ0v) is 27.0. The first-order valence-electron chi connectivity index (χ1n) is 16.0. The number of nitrogens with one attached hydrogen (secondary N) is 2. The van der Waals surface area contributed by atoms with Gasteiger partial charge in [0.05, 0.1) is 13.2 Å². The van der Waals surface area contributed by atoms with Crippen LogP contribution in [0.15, 0.2) is 0 Å². The van der Waals surface area contributed by atoms with Crippen molar-refractivity contribution < 1.29 is 47.7 Å². The summed E-state index contributed by atoms with van der Waals surface area (Å²) in [7, 11) is 3.35. The highest BCUT2D eigenvalue weighted by atomic mass is 16.5. The van der Waals surface area contributed by atoms with Crippen LogP contribution in [0.4, 0.5) is 0 Å². The summed E-state index contributed by atoms with van der Waals surface area (Å²) in [6.07, 6.45) is 5.86. The molecule has 0 aliphatic carbocycles. The van der Waals surface area contributed by atoms with Gasteiger partial charge in [-0.1, -0.05) is 0 Å². The first kappa shape index (κ1) is 38.2. The minimum Gasteiger partial charge on any atom is -0.385 e. The Morgan fingerprint density at radius 1 is 0.622 bits per heavy atom. The predicted octanol–water partition coefficient (Wildman–Crippen LogP) is 0.950. The SMILES string of the molecule is COCCC(CCCOCCNC(=O)CCN1C(=O)CCC1=O)(CCOC)COCCCCNC(=O)CCN1C(=O)CCC1=O. The number of likely N-dealkylation sites (tertiary alicyclic amines) is 2. The van der Waals surface area contributed by atoms with Crippen LogP contribution in [0.3, 0.4) is 0 Å². The van der Waals surface area contributed by atoms with Crippen molar-refractivity contribution in [3.8, 4) is 0 Å². The average molecular weight is 641 g/mol. The molecule has 2 aliphatic rings. The molecule has 2 heterocycles. The van der Waals surface area contributed by atoms with Gasteiger partial charge >= 0.3 is 0 Å². The van der Waals surface area contributed by atoms with E-state index in [0.29, 0.717) is 52.7 Å². The van der Waals surface area contributed by atoms with E-state index in [-0.39, 0.29) is 92.5 Å². The normalized spacial score (nSPS) is 15.4. The van der Waals surface area contributed by atoms with E-state index >= 15 is 0 Å². The Morgan fingerprint density at radius 2 is 1.11 bits per heavy atom. The number of nitrogens with zero attached hydrogens (tertiary/aromatic N) is 2. The summed E-state index contributed by atoms with van der Waals surface area (Å²) >= 11 is 0. The molecule has 256 valence electrons. The molecule has 2 fully saturated rings.